The number of carbonyl (C=O) groups excluding carboxylic acids is 1. The number of aromatic nitrogens is 2. The van der Waals surface area contributed by atoms with E-state index in [1.165, 1.54) is 9.40 Å². The Hall–Kier alpha value is -1.46. The van der Waals surface area contributed by atoms with E-state index in [1.54, 1.807) is 22.7 Å². The average molecular weight is 304 g/mol. The van der Waals surface area contributed by atoms with Gasteiger partial charge in [-0.1, -0.05) is 6.92 Å². The van der Waals surface area contributed by atoms with Crippen LogP contribution in [0, 0.1) is 0 Å². The number of thiophene rings is 2. The molecule has 0 aliphatic carbocycles. The lowest BCUT2D eigenvalue weighted by molar-refractivity contribution is 0.0994. The molecule has 0 aliphatic rings. The molecule has 3 heterocycles. The molecule has 0 radical (unpaired) electrons. The van der Waals surface area contributed by atoms with Gasteiger partial charge in [0.05, 0.1) is 17.0 Å². The van der Waals surface area contributed by atoms with Crippen LogP contribution in [-0.4, -0.2) is 15.6 Å². The average Bonchev–Trinajstić information content (AvgIpc) is 3.11. The number of hydrogen-bond acceptors (Lipinski definition) is 4. The number of nitrogens with zero attached hydrogens (tertiary/aromatic N) is 2. The van der Waals surface area contributed by atoms with E-state index in [2.05, 4.69) is 36.5 Å². The first kappa shape index (κ1) is 13.5. The van der Waals surface area contributed by atoms with Crippen LogP contribution in [0.25, 0.3) is 9.40 Å². The SMILES string of the molecule is CCc1cc(CC(=O)c2cc3sccc3s2)n(CC)n1. The van der Waals surface area contributed by atoms with Gasteiger partial charge in [0.1, 0.15) is 0 Å². The molecular weight excluding hydrogens is 288 g/mol. The molecule has 0 aromatic carbocycles. The Labute approximate surface area is 125 Å². The summed E-state index contributed by atoms with van der Waals surface area (Å²) in [7, 11) is 0. The second kappa shape index (κ2) is 5.50. The van der Waals surface area contributed by atoms with Crippen molar-refractivity contribution >= 4 is 37.9 Å². The highest BCUT2D eigenvalue weighted by molar-refractivity contribution is 7.27. The molecule has 5 heteroatoms. The van der Waals surface area contributed by atoms with Crippen LogP contribution >= 0.6 is 22.7 Å². The predicted octanol–water partition coefficient (Wildman–Crippen LogP) is 4.17. The first-order valence-corrected chi connectivity index (χ1v) is 8.46. The van der Waals surface area contributed by atoms with Crippen molar-refractivity contribution in [2.45, 2.75) is 33.2 Å². The molecule has 0 bridgehead atoms. The minimum absolute atomic E-state index is 0.190. The third-order valence-corrected chi connectivity index (χ3v) is 5.47. The predicted molar refractivity (Wildman–Crippen MR) is 85.0 cm³/mol. The minimum atomic E-state index is 0.190. The summed E-state index contributed by atoms with van der Waals surface area (Å²) in [6, 6.07) is 6.14. The molecule has 3 nitrogen and oxygen atoms in total. The Balaban J connectivity index is 1.85. The van der Waals surface area contributed by atoms with Crippen molar-refractivity contribution in [1.29, 1.82) is 0 Å². The number of fused-ring (bicyclic) bond motifs is 1. The van der Waals surface area contributed by atoms with Crippen LogP contribution in [0.2, 0.25) is 0 Å². The van der Waals surface area contributed by atoms with Crippen LogP contribution < -0.4 is 0 Å². The zero-order chi connectivity index (χ0) is 14.1. The Bertz CT molecular complexity index is 722. The number of aryl methyl sites for hydroxylation is 2. The fourth-order valence-electron chi connectivity index (χ4n) is 2.26. The molecule has 3 aromatic rings. The van der Waals surface area contributed by atoms with E-state index in [0.717, 1.165) is 29.2 Å². The van der Waals surface area contributed by atoms with Crippen LogP contribution in [0.4, 0.5) is 0 Å². The lowest BCUT2D eigenvalue weighted by Crippen LogP contribution is -2.08. The third kappa shape index (κ3) is 2.43. The maximum atomic E-state index is 12.4. The van der Waals surface area contributed by atoms with Crippen LogP contribution in [-0.2, 0) is 19.4 Å². The van der Waals surface area contributed by atoms with Crippen molar-refractivity contribution in [3.8, 4) is 0 Å². The Morgan fingerprint density at radius 1 is 1.30 bits per heavy atom. The van der Waals surface area contributed by atoms with E-state index >= 15 is 0 Å². The first-order valence-electron chi connectivity index (χ1n) is 6.77. The molecule has 0 saturated heterocycles. The number of hydrogen-bond donors (Lipinski definition) is 0. The van der Waals surface area contributed by atoms with Gasteiger partial charge in [0.15, 0.2) is 5.78 Å². The van der Waals surface area contributed by atoms with Gasteiger partial charge in [-0.05, 0) is 36.9 Å². The van der Waals surface area contributed by atoms with E-state index in [1.807, 2.05) is 10.7 Å². The Morgan fingerprint density at radius 3 is 2.85 bits per heavy atom. The summed E-state index contributed by atoms with van der Waals surface area (Å²) in [5, 5.41) is 6.56. The molecule has 104 valence electrons. The van der Waals surface area contributed by atoms with E-state index in [9.17, 15) is 4.79 Å². The Kier molecular flexibility index (Phi) is 3.72. The highest BCUT2D eigenvalue weighted by atomic mass is 32.1. The van der Waals surface area contributed by atoms with Crippen LogP contribution in [0.5, 0.6) is 0 Å². The summed E-state index contributed by atoms with van der Waals surface area (Å²) in [6.07, 6.45) is 1.34. The molecule has 0 atom stereocenters. The zero-order valence-corrected chi connectivity index (χ0v) is 13.2. The summed E-state index contributed by atoms with van der Waals surface area (Å²) in [4.78, 5) is 13.3. The largest absolute Gasteiger partial charge is 0.293 e. The maximum Gasteiger partial charge on any atom is 0.178 e. The second-order valence-corrected chi connectivity index (χ2v) is 6.69. The summed E-state index contributed by atoms with van der Waals surface area (Å²) in [6.45, 7) is 4.95. The van der Waals surface area contributed by atoms with E-state index in [0.29, 0.717) is 6.42 Å². The van der Waals surface area contributed by atoms with Gasteiger partial charge >= 0.3 is 0 Å². The highest BCUT2D eigenvalue weighted by Gasteiger charge is 2.15. The smallest absolute Gasteiger partial charge is 0.178 e. The normalized spacial score (nSPS) is 11.3. The number of Topliss-reactive ketones (excluding diaryl/α,β-unsaturated/α-hetero) is 1. The van der Waals surface area contributed by atoms with E-state index in [-0.39, 0.29) is 5.78 Å². The maximum absolute atomic E-state index is 12.4. The summed E-state index contributed by atoms with van der Waals surface area (Å²) < 4.78 is 4.35. The lowest BCUT2D eigenvalue weighted by Gasteiger charge is -2.02. The van der Waals surface area contributed by atoms with Crippen molar-refractivity contribution in [3.05, 3.63) is 39.8 Å². The van der Waals surface area contributed by atoms with Crippen molar-refractivity contribution < 1.29 is 4.79 Å². The fourth-order valence-corrected chi connectivity index (χ4v) is 4.30. The van der Waals surface area contributed by atoms with Crippen LogP contribution in [0.3, 0.4) is 0 Å². The fraction of sp³-hybridized carbons (Fsp3) is 0.333. The molecule has 0 spiro atoms. The van der Waals surface area contributed by atoms with Gasteiger partial charge in [0, 0.05) is 21.6 Å². The topological polar surface area (TPSA) is 34.9 Å². The minimum Gasteiger partial charge on any atom is -0.293 e. The van der Waals surface area contributed by atoms with Gasteiger partial charge in [-0.2, -0.15) is 5.10 Å². The van der Waals surface area contributed by atoms with E-state index in [4.69, 9.17) is 0 Å². The van der Waals surface area contributed by atoms with Crippen molar-refractivity contribution in [3.63, 3.8) is 0 Å². The van der Waals surface area contributed by atoms with Gasteiger partial charge in [-0.3, -0.25) is 9.48 Å². The zero-order valence-electron chi connectivity index (χ0n) is 11.5. The van der Waals surface area contributed by atoms with Gasteiger partial charge in [-0.15, -0.1) is 22.7 Å². The summed E-state index contributed by atoms with van der Waals surface area (Å²) >= 11 is 3.28. The number of rotatable bonds is 5. The standard InChI is InChI=1S/C15H16N2OS2/c1-3-10-7-11(17(4-2)16-10)8-12(18)14-9-15-13(20-14)5-6-19-15/h5-7,9H,3-4,8H2,1-2H3. The molecule has 0 amide bonds. The van der Waals surface area contributed by atoms with Crippen molar-refractivity contribution in [2.24, 2.45) is 0 Å². The molecule has 0 saturated carbocycles. The first-order chi connectivity index (χ1) is 9.71. The van der Waals surface area contributed by atoms with Crippen LogP contribution in [0.1, 0.15) is 34.9 Å². The molecule has 0 fully saturated rings. The molecule has 3 aromatic heterocycles. The quantitative estimate of drug-likeness (QED) is 0.663. The molecule has 0 unspecified atom stereocenters. The Morgan fingerprint density at radius 2 is 2.15 bits per heavy atom. The second-order valence-electron chi connectivity index (χ2n) is 4.66. The molecule has 20 heavy (non-hydrogen) atoms. The molecule has 0 aliphatic heterocycles. The highest BCUT2D eigenvalue weighted by Crippen LogP contribution is 2.30. The number of ketones is 1. The molecule has 0 N–H and O–H groups in total. The van der Waals surface area contributed by atoms with Gasteiger partial charge in [0.25, 0.3) is 0 Å². The van der Waals surface area contributed by atoms with Crippen LogP contribution in [0.15, 0.2) is 23.6 Å². The van der Waals surface area contributed by atoms with Crippen molar-refractivity contribution in [2.75, 3.05) is 0 Å². The third-order valence-electron chi connectivity index (χ3n) is 3.33. The monoisotopic (exact) mass is 304 g/mol. The lowest BCUT2D eigenvalue weighted by atomic mass is 10.1. The van der Waals surface area contributed by atoms with Crippen molar-refractivity contribution in [1.82, 2.24) is 9.78 Å². The van der Waals surface area contributed by atoms with Gasteiger partial charge in [-0.25, -0.2) is 0 Å². The number of carbonyl (C=O) groups is 1. The van der Waals surface area contributed by atoms with Gasteiger partial charge in [0.2, 0.25) is 0 Å². The molecular formula is C15H16N2OS2. The van der Waals surface area contributed by atoms with Gasteiger partial charge < -0.3 is 0 Å². The molecule has 3 rings (SSSR count). The summed E-state index contributed by atoms with van der Waals surface area (Å²) in [5.74, 6) is 0.190. The summed E-state index contributed by atoms with van der Waals surface area (Å²) in [5.41, 5.74) is 2.08. The van der Waals surface area contributed by atoms with E-state index < -0.39 is 0 Å².